The van der Waals surface area contributed by atoms with E-state index in [1.54, 1.807) is 12.1 Å². The van der Waals surface area contributed by atoms with Crippen LogP contribution in [-0.4, -0.2) is 36.3 Å². The second-order valence-electron chi connectivity index (χ2n) is 11.4. The molecule has 3 aromatic rings. The molecule has 2 unspecified atom stereocenters. The molecule has 4 N–H and O–H groups in total. The van der Waals surface area contributed by atoms with Crippen LogP contribution < -0.4 is 11.1 Å². The second kappa shape index (κ2) is 15.8. The molecule has 1 saturated heterocycles. The van der Waals surface area contributed by atoms with Crippen LogP contribution in [0, 0.1) is 11.7 Å². The number of nitrogens with two attached hydrogens (primary N) is 1. The minimum absolute atomic E-state index is 0.0115. The Morgan fingerprint density at radius 3 is 2.51 bits per heavy atom. The van der Waals surface area contributed by atoms with Gasteiger partial charge in [0.25, 0.3) is 0 Å². The number of nitrogens with one attached hydrogen (secondary N) is 1. The Morgan fingerprint density at radius 2 is 1.83 bits per heavy atom. The molecule has 6 heteroatoms. The lowest BCUT2D eigenvalue weighted by molar-refractivity contribution is -0.118. The molecule has 1 aliphatic heterocycles. The molecular weight excluding hydrogens is 515 g/mol. The van der Waals surface area contributed by atoms with Crippen molar-refractivity contribution in [3.05, 3.63) is 95.3 Å². The van der Waals surface area contributed by atoms with Crippen molar-refractivity contribution in [2.24, 2.45) is 11.7 Å². The van der Waals surface area contributed by atoms with E-state index in [1.807, 2.05) is 24.3 Å². The van der Waals surface area contributed by atoms with Crippen LogP contribution in [0.3, 0.4) is 0 Å². The van der Waals surface area contributed by atoms with Crippen LogP contribution in [0.2, 0.25) is 0 Å². The second-order valence-corrected chi connectivity index (χ2v) is 11.4. The lowest BCUT2D eigenvalue weighted by atomic mass is 9.79. The number of carbonyl (C=O) groups is 1. The largest absolute Gasteiger partial charge is 0.391 e. The van der Waals surface area contributed by atoms with Crippen molar-refractivity contribution in [3.8, 4) is 11.1 Å². The van der Waals surface area contributed by atoms with E-state index in [-0.39, 0.29) is 30.1 Å². The van der Waals surface area contributed by atoms with Crippen molar-refractivity contribution in [2.75, 3.05) is 13.2 Å². The van der Waals surface area contributed by atoms with Crippen LogP contribution in [-0.2, 0) is 22.6 Å². The zero-order chi connectivity index (χ0) is 29.0. The van der Waals surface area contributed by atoms with E-state index in [0.717, 1.165) is 72.9 Å². The lowest BCUT2D eigenvalue weighted by Gasteiger charge is -2.31. The molecule has 1 fully saturated rings. The summed E-state index contributed by atoms with van der Waals surface area (Å²) in [5, 5.41) is 15.0. The fraction of sp³-hybridized carbons (Fsp3) is 0.457. The van der Waals surface area contributed by atoms with E-state index in [9.17, 15) is 14.3 Å². The van der Waals surface area contributed by atoms with Gasteiger partial charge in [-0.25, -0.2) is 4.39 Å². The highest BCUT2D eigenvalue weighted by atomic mass is 19.1. The fourth-order valence-electron chi connectivity index (χ4n) is 6.02. The standard InChI is InChI=1S/C35H45FN2O3/c1-2-3-8-26(24-41-23-25-9-5-4-6-10-25)21-29-22-28(27-12-15-30(36)16-13-27)14-17-31(29)32(18-19-34(37)39)35(40)33-11-7-20-38-33/h4-6,9-10,12-17,22,26,32-33,35,38,40H,2-3,7-8,11,18-21,23-24H2,1H3,(H2,37,39)/t26-,32?,33-,35?/m0/s1. The number of primary amides is 1. The van der Waals surface area contributed by atoms with Gasteiger partial charge in [0.05, 0.1) is 19.3 Å². The van der Waals surface area contributed by atoms with Gasteiger partial charge < -0.3 is 20.9 Å². The minimum Gasteiger partial charge on any atom is -0.391 e. The molecule has 0 aliphatic carbocycles. The molecule has 220 valence electrons. The fourth-order valence-corrected chi connectivity index (χ4v) is 6.02. The Morgan fingerprint density at radius 1 is 1.07 bits per heavy atom. The zero-order valence-electron chi connectivity index (χ0n) is 24.2. The van der Waals surface area contributed by atoms with Gasteiger partial charge in [0.1, 0.15) is 5.82 Å². The van der Waals surface area contributed by atoms with Crippen molar-refractivity contribution in [1.82, 2.24) is 5.32 Å². The molecule has 4 atom stereocenters. The summed E-state index contributed by atoms with van der Waals surface area (Å²) in [4.78, 5) is 11.8. The van der Waals surface area contributed by atoms with E-state index in [2.05, 4.69) is 36.5 Å². The minimum atomic E-state index is -0.629. The zero-order valence-corrected chi connectivity index (χ0v) is 24.2. The van der Waals surface area contributed by atoms with Gasteiger partial charge in [-0.1, -0.05) is 80.4 Å². The van der Waals surface area contributed by atoms with Crippen molar-refractivity contribution in [3.63, 3.8) is 0 Å². The number of halogens is 1. The van der Waals surface area contributed by atoms with E-state index >= 15 is 0 Å². The average Bonchev–Trinajstić information content (AvgIpc) is 3.52. The van der Waals surface area contributed by atoms with E-state index < -0.39 is 6.10 Å². The van der Waals surface area contributed by atoms with E-state index in [1.165, 1.54) is 12.1 Å². The predicted octanol–water partition coefficient (Wildman–Crippen LogP) is 6.52. The molecule has 0 bridgehead atoms. The Balaban J connectivity index is 1.65. The van der Waals surface area contributed by atoms with Crippen molar-refractivity contribution < 1.29 is 19.0 Å². The number of benzene rings is 3. The first kappa shape index (κ1) is 30.9. The third kappa shape index (κ3) is 9.22. The SMILES string of the molecule is CCCC[C@H](COCc1ccccc1)Cc1cc(-c2ccc(F)cc2)ccc1C(CCC(N)=O)C(O)[C@@H]1CCCN1. The monoisotopic (exact) mass is 560 g/mol. The van der Waals surface area contributed by atoms with Crippen LogP contribution in [0.5, 0.6) is 0 Å². The Hall–Kier alpha value is -3.06. The molecule has 3 aromatic carbocycles. The average molecular weight is 561 g/mol. The maximum Gasteiger partial charge on any atom is 0.217 e. The van der Waals surface area contributed by atoms with Crippen LogP contribution in [0.25, 0.3) is 11.1 Å². The van der Waals surface area contributed by atoms with E-state index in [0.29, 0.717) is 25.6 Å². The number of amides is 1. The number of aliphatic hydroxyl groups excluding tert-OH is 1. The first-order valence-electron chi connectivity index (χ1n) is 15.1. The number of hydrogen-bond acceptors (Lipinski definition) is 4. The first-order valence-corrected chi connectivity index (χ1v) is 15.1. The smallest absolute Gasteiger partial charge is 0.217 e. The topological polar surface area (TPSA) is 84.6 Å². The molecule has 5 nitrogen and oxygen atoms in total. The van der Waals surface area contributed by atoms with Gasteiger partial charge in [0, 0.05) is 18.4 Å². The molecule has 1 amide bonds. The summed E-state index contributed by atoms with van der Waals surface area (Å²) < 4.78 is 19.9. The summed E-state index contributed by atoms with van der Waals surface area (Å²) in [5.74, 6) is -0.562. The van der Waals surface area contributed by atoms with E-state index in [4.69, 9.17) is 10.5 Å². The number of unbranched alkanes of at least 4 members (excludes halogenated alkanes) is 1. The molecule has 0 saturated carbocycles. The predicted molar refractivity (Wildman–Crippen MR) is 163 cm³/mol. The van der Waals surface area contributed by atoms with Gasteiger partial charge in [0.15, 0.2) is 0 Å². The summed E-state index contributed by atoms with van der Waals surface area (Å²) in [6.45, 7) is 4.29. The maximum absolute atomic E-state index is 13.7. The lowest BCUT2D eigenvalue weighted by Crippen LogP contribution is -2.39. The van der Waals surface area contributed by atoms with Gasteiger partial charge >= 0.3 is 0 Å². The molecular formula is C35H45FN2O3. The summed E-state index contributed by atoms with van der Waals surface area (Å²) in [7, 11) is 0. The number of carbonyl (C=O) groups excluding carboxylic acids is 1. The van der Waals surface area contributed by atoms with Gasteiger partial charge in [-0.3, -0.25) is 4.79 Å². The number of aliphatic hydroxyl groups is 1. The van der Waals surface area contributed by atoms with Crippen LogP contribution in [0.15, 0.2) is 72.8 Å². The van der Waals surface area contributed by atoms with Gasteiger partial charge in [-0.05, 0) is 84.5 Å². The van der Waals surface area contributed by atoms with Crippen LogP contribution in [0.4, 0.5) is 4.39 Å². The molecule has 0 aromatic heterocycles. The maximum atomic E-state index is 13.7. The van der Waals surface area contributed by atoms with Crippen molar-refractivity contribution in [2.45, 2.75) is 83.0 Å². The Labute approximate surface area is 244 Å². The summed E-state index contributed by atoms with van der Waals surface area (Å²) in [5.41, 5.74) is 10.9. The van der Waals surface area contributed by atoms with Crippen LogP contribution >= 0.6 is 0 Å². The summed E-state index contributed by atoms with van der Waals surface area (Å²) >= 11 is 0. The number of rotatable bonds is 16. The first-order chi connectivity index (χ1) is 19.9. The molecule has 0 radical (unpaired) electrons. The Kier molecular flexibility index (Phi) is 11.9. The summed E-state index contributed by atoms with van der Waals surface area (Å²) in [6, 6.07) is 23.1. The quantitative estimate of drug-likeness (QED) is 0.186. The van der Waals surface area contributed by atoms with Crippen molar-refractivity contribution >= 4 is 5.91 Å². The highest BCUT2D eigenvalue weighted by molar-refractivity contribution is 5.73. The number of ether oxygens (including phenoxy) is 1. The molecule has 41 heavy (non-hydrogen) atoms. The third-order valence-corrected chi connectivity index (χ3v) is 8.28. The summed E-state index contributed by atoms with van der Waals surface area (Å²) in [6.07, 6.45) is 6.03. The Bertz CT molecular complexity index is 1210. The third-order valence-electron chi connectivity index (χ3n) is 8.28. The van der Waals surface area contributed by atoms with Crippen LogP contribution in [0.1, 0.15) is 74.5 Å². The molecule has 1 heterocycles. The molecule has 4 rings (SSSR count). The van der Waals surface area contributed by atoms with Gasteiger partial charge in [-0.2, -0.15) is 0 Å². The van der Waals surface area contributed by atoms with Gasteiger partial charge in [-0.15, -0.1) is 0 Å². The highest BCUT2D eigenvalue weighted by Crippen LogP contribution is 2.35. The van der Waals surface area contributed by atoms with Crippen molar-refractivity contribution in [1.29, 1.82) is 0 Å². The normalized spacial score (nSPS) is 17.3. The molecule has 0 spiro atoms. The highest BCUT2D eigenvalue weighted by Gasteiger charge is 2.32. The molecule has 1 aliphatic rings. The van der Waals surface area contributed by atoms with Gasteiger partial charge in [0.2, 0.25) is 5.91 Å². The number of hydrogen-bond donors (Lipinski definition) is 3.